The van der Waals surface area contributed by atoms with Gasteiger partial charge in [-0.15, -0.1) is 0 Å². The lowest BCUT2D eigenvalue weighted by Crippen LogP contribution is -2.28. The van der Waals surface area contributed by atoms with Crippen LogP contribution in [0.25, 0.3) is 0 Å². The van der Waals surface area contributed by atoms with E-state index in [0.717, 1.165) is 24.9 Å². The van der Waals surface area contributed by atoms with E-state index >= 15 is 0 Å². The Morgan fingerprint density at radius 1 is 1.12 bits per heavy atom. The van der Waals surface area contributed by atoms with Crippen molar-refractivity contribution in [3.8, 4) is 0 Å². The number of hydrogen-bond donors (Lipinski definition) is 1. The van der Waals surface area contributed by atoms with Gasteiger partial charge in [0, 0.05) is 11.4 Å². The number of allylic oxidation sites excluding steroid dienone is 1. The molecule has 1 atom stereocenters. The lowest BCUT2D eigenvalue weighted by atomic mass is 9.76. The third-order valence-electron chi connectivity index (χ3n) is 5.76. The first-order chi connectivity index (χ1) is 12.4. The molecule has 1 aliphatic heterocycles. The average Bonchev–Trinajstić information content (AvgIpc) is 3.00. The van der Waals surface area contributed by atoms with Crippen molar-refractivity contribution in [3.05, 3.63) is 77.0 Å². The van der Waals surface area contributed by atoms with Gasteiger partial charge in [0.15, 0.2) is 0 Å². The molecular formula is C23H25NO2. The summed E-state index contributed by atoms with van der Waals surface area (Å²) in [6.07, 6.45) is 4.44. The molecule has 0 spiro atoms. The van der Waals surface area contributed by atoms with Crippen LogP contribution in [0.3, 0.4) is 0 Å². The molecule has 0 radical (unpaired) electrons. The summed E-state index contributed by atoms with van der Waals surface area (Å²) in [6.45, 7) is 4.66. The molecule has 134 valence electrons. The van der Waals surface area contributed by atoms with Crippen molar-refractivity contribution in [2.24, 2.45) is 5.41 Å². The Hall–Kier alpha value is -2.55. The molecule has 0 fully saturated rings. The number of carbonyl (C=O) groups is 1. The van der Waals surface area contributed by atoms with Gasteiger partial charge in [0.2, 0.25) is 0 Å². The van der Waals surface area contributed by atoms with Gasteiger partial charge in [0.25, 0.3) is 0 Å². The minimum absolute atomic E-state index is 0.249. The van der Waals surface area contributed by atoms with Crippen molar-refractivity contribution in [2.75, 3.05) is 4.90 Å². The molecule has 2 aromatic carbocycles. The van der Waals surface area contributed by atoms with Gasteiger partial charge < -0.3 is 10.0 Å². The van der Waals surface area contributed by atoms with Gasteiger partial charge in [0.1, 0.15) is 0 Å². The summed E-state index contributed by atoms with van der Waals surface area (Å²) in [5.41, 5.74) is 5.85. The molecule has 26 heavy (non-hydrogen) atoms. The van der Waals surface area contributed by atoms with Gasteiger partial charge in [-0.2, -0.15) is 0 Å². The van der Waals surface area contributed by atoms with Gasteiger partial charge in [-0.05, 0) is 60.4 Å². The van der Waals surface area contributed by atoms with Crippen molar-refractivity contribution in [3.63, 3.8) is 0 Å². The summed E-state index contributed by atoms with van der Waals surface area (Å²) in [6, 6.07) is 18.2. The fraction of sp³-hybridized carbons (Fsp3) is 0.348. The van der Waals surface area contributed by atoms with Crippen molar-refractivity contribution in [1.29, 1.82) is 0 Å². The largest absolute Gasteiger partial charge is 0.478 e. The Bertz CT molecular complexity index is 867. The molecule has 4 rings (SSSR count). The van der Waals surface area contributed by atoms with Crippen LogP contribution >= 0.6 is 0 Å². The zero-order chi connectivity index (χ0) is 18.3. The molecule has 0 saturated heterocycles. The highest BCUT2D eigenvalue weighted by Gasteiger charge is 2.39. The number of hydrogen-bond acceptors (Lipinski definition) is 2. The number of carboxylic acids is 1. The molecule has 2 aromatic rings. The number of benzene rings is 2. The summed E-state index contributed by atoms with van der Waals surface area (Å²) in [4.78, 5) is 13.9. The van der Waals surface area contributed by atoms with E-state index in [2.05, 4.69) is 43.0 Å². The topological polar surface area (TPSA) is 40.5 Å². The number of nitrogens with zero attached hydrogens (tertiary/aromatic N) is 1. The van der Waals surface area contributed by atoms with Gasteiger partial charge in [-0.1, -0.05) is 50.2 Å². The molecule has 0 amide bonds. The fourth-order valence-corrected chi connectivity index (χ4v) is 4.36. The van der Waals surface area contributed by atoms with E-state index in [1.165, 1.54) is 17.7 Å². The standard InChI is InChI=1S/C23H25NO2/c1-23(2)12-11-17-14-20(16-7-4-3-5-8-16)24(21(17)15-23)19-10-6-9-18(13-19)22(25)26/h3-10,13,20H,11-12,14-15H2,1-2H3,(H,25,26). The molecule has 0 saturated carbocycles. The molecule has 3 heteroatoms. The Morgan fingerprint density at radius 3 is 2.62 bits per heavy atom. The average molecular weight is 347 g/mol. The van der Waals surface area contributed by atoms with Gasteiger partial charge in [0.05, 0.1) is 11.6 Å². The summed E-state index contributed by atoms with van der Waals surface area (Å²) >= 11 is 0. The highest BCUT2D eigenvalue weighted by atomic mass is 16.4. The van der Waals surface area contributed by atoms with E-state index in [4.69, 9.17) is 0 Å². The lowest BCUT2D eigenvalue weighted by molar-refractivity contribution is 0.0697. The number of carboxylic acid groups (broad SMARTS) is 1. The van der Waals surface area contributed by atoms with Crippen LogP contribution in [-0.4, -0.2) is 11.1 Å². The second kappa shape index (κ2) is 6.31. The van der Waals surface area contributed by atoms with E-state index < -0.39 is 5.97 Å². The Kier molecular flexibility index (Phi) is 4.10. The van der Waals surface area contributed by atoms with Gasteiger partial charge >= 0.3 is 5.97 Å². The van der Waals surface area contributed by atoms with Crippen LogP contribution in [0.1, 0.15) is 61.5 Å². The molecule has 1 N–H and O–H groups in total. The first-order valence-electron chi connectivity index (χ1n) is 9.33. The molecule has 3 nitrogen and oxygen atoms in total. The highest BCUT2D eigenvalue weighted by Crippen LogP contribution is 2.51. The van der Waals surface area contributed by atoms with Gasteiger partial charge in [-0.25, -0.2) is 4.79 Å². The Balaban J connectivity index is 1.81. The zero-order valence-corrected chi connectivity index (χ0v) is 15.4. The third kappa shape index (κ3) is 3.03. The van der Waals surface area contributed by atoms with Crippen molar-refractivity contribution >= 4 is 11.7 Å². The number of anilines is 1. The van der Waals surface area contributed by atoms with Crippen LogP contribution in [0.2, 0.25) is 0 Å². The molecule has 1 aliphatic carbocycles. The van der Waals surface area contributed by atoms with Crippen LogP contribution in [0.15, 0.2) is 65.9 Å². The van der Waals surface area contributed by atoms with E-state index in [1.54, 1.807) is 11.6 Å². The second-order valence-corrected chi connectivity index (χ2v) is 8.25. The highest BCUT2D eigenvalue weighted by molar-refractivity contribution is 5.89. The normalized spacial score (nSPS) is 21.6. The minimum atomic E-state index is -0.875. The van der Waals surface area contributed by atoms with Crippen molar-refractivity contribution in [2.45, 2.75) is 45.6 Å². The smallest absolute Gasteiger partial charge is 0.335 e. The van der Waals surface area contributed by atoms with Crippen LogP contribution in [-0.2, 0) is 0 Å². The van der Waals surface area contributed by atoms with Crippen LogP contribution in [0.5, 0.6) is 0 Å². The zero-order valence-electron chi connectivity index (χ0n) is 15.4. The lowest BCUT2D eigenvalue weighted by Gasteiger charge is -2.36. The predicted molar refractivity (Wildman–Crippen MR) is 104 cm³/mol. The summed E-state index contributed by atoms with van der Waals surface area (Å²) in [5, 5.41) is 9.42. The third-order valence-corrected chi connectivity index (χ3v) is 5.76. The molecular weight excluding hydrogens is 322 g/mol. The van der Waals surface area contributed by atoms with Crippen LogP contribution < -0.4 is 4.90 Å². The maximum atomic E-state index is 11.5. The predicted octanol–water partition coefficient (Wildman–Crippen LogP) is 5.80. The van der Waals surface area contributed by atoms with E-state index in [9.17, 15) is 9.90 Å². The molecule has 0 aromatic heterocycles. The fourth-order valence-electron chi connectivity index (χ4n) is 4.36. The maximum absolute atomic E-state index is 11.5. The maximum Gasteiger partial charge on any atom is 0.335 e. The first-order valence-corrected chi connectivity index (χ1v) is 9.33. The number of rotatable bonds is 3. The molecule has 0 bridgehead atoms. The monoisotopic (exact) mass is 347 g/mol. The molecule has 2 aliphatic rings. The molecule has 1 heterocycles. The van der Waals surface area contributed by atoms with Crippen molar-refractivity contribution in [1.82, 2.24) is 0 Å². The number of aromatic carboxylic acids is 1. The Morgan fingerprint density at radius 2 is 1.88 bits per heavy atom. The minimum Gasteiger partial charge on any atom is -0.478 e. The van der Waals surface area contributed by atoms with Crippen LogP contribution in [0.4, 0.5) is 5.69 Å². The summed E-state index contributed by atoms with van der Waals surface area (Å²) in [7, 11) is 0. The molecule has 1 unspecified atom stereocenters. The SMILES string of the molecule is CC1(C)CCC2=C(C1)N(c1cccc(C(=O)O)c1)C(c1ccccc1)C2. The second-order valence-electron chi connectivity index (χ2n) is 8.25. The van der Waals surface area contributed by atoms with Crippen molar-refractivity contribution < 1.29 is 9.90 Å². The van der Waals surface area contributed by atoms with Crippen LogP contribution in [0, 0.1) is 5.41 Å². The Labute approximate surface area is 155 Å². The quantitative estimate of drug-likeness (QED) is 0.763. The van der Waals surface area contributed by atoms with Gasteiger partial charge in [-0.3, -0.25) is 0 Å². The summed E-state index contributed by atoms with van der Waals surface area (Å²) < 4.78 is 0. The first kappa shape index (κ1) is 16.9. The summed E-state index contributed by atoms with van der Waals surface area (Å²) in [5.74, 6) is -0.875. The van der Waals surface area contributed by atoms with E-state index in [1.807, 2.05) is 24.3 Å². The van der Waals surface area contributed by atoms with E-state index in [-0.39, 0.29) is 11.5 Å². The van der Waals surface area contributed by atoms with E-state index in [0.29, 0.717) is 5.56 Å².